The molecule has 0 saturated heterocycles. The zero-order chi connectivity index (χ0) is 11.4. The summed E-state index contributed by atoms with van der Waals surface area (Å²) in [5.41, 5.74) is 0.398. The van der Waals surface area contributed by atoms with Crippen molar-refractivity contribution in [1.29, 1.82) is 5.26 Å². The molecule has 0 bridgehead atoms. The second-order valence-electron chi connectivity index (χ2n) is 2.90. The predicted molar refractivity (Wildman–Crippen MR) is 57.7 cm³/mol. The third kappa shape index (κ3) is 2.30. The Bertz CT molecular complexity index is 423. The molecule has 78 valence electrons. The van der Waals surface area contributed by atoms with Crippen LogP contribution in [0.15, 0.2) is 30.4 Å². The highest BCUT2D eigenvalue weighted by molar-refractivity contribution is 6.31. The van der Waals surface area contributed by atoms with Crippen molar-refractivity contribution in [3.63, 3.8) is 0 Å². The van der Waals surface area contributed by atoms with Crippen LogP contribution >= 0.6 is 11.6 Å². The maximum absolute atomic E-state index is 9.80. The van der Waals surface area contributed by atoms with Crippen LogP contribution in [0, 0.1) is 11.3 Å². The van der Waals surface area contributed by atoms with E-state index in [1.807, 2.05) is 0 Å². The molecule has 1 atom stereocenters. The Morgan fingerprint density at radius 2 is 2.33 bits per heavy atom. The Hall–Kier alpha value is -1.50. The monoisotopic (exact) mass is 223 g/mol. The molecule has 0 saturated carbocycles. The van der Waals surface area contributed by atoms with E-state index >= 15 is 0 Å². The van der Waals surface area contributed by atoms with Crippen molar-refractivity contribution in [1.82, 2.24) is 0 Å². The Kier molecular flexibility index (Phi) is 3.73. The largest absolute Gasteiger partial charge is 0.496 e. The lowest BCUT2D eigenvalue weighted by molar-refractivity contribution is 0.215. The van der Waals surface area contributed by atoms with E-state index in [0.717, 1.165) is 0 Å². The van der Waals surface area contributed by atoms with Gasteiger partial charge < -0.3 is 9.84 Å². The van der Waals surface area contributed by atoms with Crippen LogP contribution in [0.2, 0.25) is 5.02 Å². The van der Waals surface area contributed by atoms with Crippen LogP contribution in [0.3, 0.4) is 0 Å². The van der Waals surface area contributed by atoms with Crippen LogP contribution in [0.1, 0.15) is 11.7 Å². The molecule has 1 unspecified atom stereocenters. The number of aliphatic hydroxyl groups excluding tert-OH is 1. The van der Waals surface area contributed by atoms with Crippen molar-refractivity contribution in [2.24, 2.45) is 0 Å². The van der Waals surface area contributed by atoms with Crippen molar-refractivity contribution in [2.45, 2.75) is 6.10 Å². The summed E-state index contributed by atoms with van der Waals surface area (Å²) in [6.07, 6.45) is -1.13. The highest BCUT2D eigenvalue weighted by atomic mass is 35.5. The SMILES string of the molecule is C=C(C#N)C(O)c1c(Cl)cccc1OC. The molecule has 15 heavy (non-hydrogen) atoms. The summed E-state index contributed by atoms with van der Waals surface area (Å²) >= 11 is 5.91. The number of methoxy groups -OCH3 is 1. The molecule has 1 rings (SSSR count). The summed E-state index contributed by atoms with van der Waals surface area (Å²) in [5.74, 6) is 0.436. The van der Waals surface area contributed by atoms with E-state index in [1.54, 1.807) is 24.3 Å². The van der Waals surface area contributed by atoms with Gasteiger partial charge in [0.15, 0.2) is 0 Å². The molecular formula is C11H10ClNO2. The Labute approximate surface area is 93.2 Å². The molecule has 0 amide bonds. The predicted octanol–water partition coefficient (Wildman–Crippen LogP) is 2.46. The summed E-state index contributed by atoms with van der Waals surface area (Å²) < 4.78 is 5.05. The number of hydrogen-bond donors (Lipinski definition) is 1. The van der Waals surface area contributed by atoms with E-state index < -0.39 is 6.10 Å². The second kappa shape index (κ2) is 4.83. The lowest BCUT2D eigenvalue weighted by atomic mass is 10.0. The van der Waals surface area contributed by atoms with E-state index in [-0.39, 0.29) is 5.57 Å². The smallest absolute Gasteiger partial charge is 0.126 e. The van der Waals surface area contributed by atoms with Crippen LogP contribution in [0.4, 0.5) is 0 Å². The summed E-state index contributed by atoms with van der Waals surface area (Å²) in [6.45, 7) is 3.44. The van der Waals surface area contributed by atoms with Crippen LogP contribution in [-0.4, -0.2) is 12.2 Å². The average molecular weight is 224 g/mol. The van der Waals surface area contributed by atoms with Crippen molar-refractivity contribution < 1.29 is 9.84 Å². The minimum Gasteiger partial charge on any atom is -0.496 e. The summed E-state index contributed by atoms with van der Waals surface area (Å²) in [5, 5.41) is 18.8. The maximum Gasteiger partial charge on any atom is 0.126 e. The molecule has 0 fully saturated rings. The normalized spacial score (nSPS) is 11.6. The fraction of sp³-hybridized carbons (Fsp3) is 0.182. The molecule has 0 aliphatic heterocycles. The van der Waals surface area contributed by atoms with Crippen LogP contribution in [0.5, 0.6) is 5.75 Å². The minimum atomic E-state index is -1.13. The lowest BCUT2D eigenvalue weighted by Crippen LogP contribution is -2.03. The van der Waals surface area contributed by atoms with Crippen molar-refractivity contribution >= 4 is 11.6 Å². The van der Waals surface area contributed by atoms with Gasteiger partial charge in [0.05, 0.1) is 23.8 Å². The molecule has 0 aromatic heterocycles. The Morgan fingerprint density at radius 1 is 1.67 bits per heavy atom. The molecule has 1 aromatic carbocycles. The Balaban J connectivity index is 3.24. The van der Waals surface area contributed by atoms with Crippen molar-refractivity contribution in [2.75, 3.05) is 7.11 Å². The van der Waals surface area contributed by atoms with E-state index in [4.69, 9.17) is 21.6 Å². The topological polar surface area (TPSA) is 53.2 Å². The van der Waals surface area contributed by atoms with Crippen LogP contribution in [0.25, 0.3) is 0 Å². The van der Waals surface area contributed by atoms with E-state index in [9.17, 15) is 5.11 Å². The van der Waals surface area contributed by atoms with Crippen LogP contribution < -0.4 is 4.74 Å². The molecule has 4 heteroatoms. The molecule has 1 aromatic rings. The van der Waals surface area contributed by atoms with Gasteiger partial charge in [-0.25, -0.2) is 0 Å². The van der Waals surface area contributed by atoms with Crippen molar-refractivity contribution in [3.8, 4) is 11.8 Å². The number of ether oxygens (including phenoxy) is 1. The van der Waals surface area contributed by atoms with Gasteiger partial charge >= 0.3 is 0 Å². The molecule has 3 nitrogen and oxygen atoms in total. The standard InChI is InChI=1S/C11H10ClNO2/c1-7(6-13)11(14)10-8(12)4-3-5-9(10)15-2/h3-5,11,14H,1H2,2H3. The van der Waals surface area contributed by atoms with Gasteiger partial charge in [0.1, 0.15) is 11.9 Å². The van der Waals surface area contributed by atoms with E-state index in [1.165, 1.54) is 7.11 Å². The van der Waals surface area contributed by atoms with Gasteiger partial charge in [0.25, 0.3) is 0 Å². The number of nitriles is 1. The average Bonchev–Trinajstić information content (AvgIpc) is 2.26. The van der Waals surface area contributed by atoms with E-state index in [2.05, 4.69) is 6.58 Å². The first-order chi connectivity index (χ1) is 7.11. The number of benzene rings is 1. The molecule has 0 aliphatic rings. The van der Waals surface area contributed by atoms with Gasteiger partial charge in [-0.1, -0.05) is 24.2 Å². The molecule has 0 spiro atoms. The maximum atomic E-state index is 9.80. The molecule has 0 aliphatic carbocycles. The van der Waals surface area contributed by atoms with Gasteiger partial charge in [-0.2, -0.15) is 5.26 Å². The third-order valence-electron chi connectivity index (χ3n) is 1.98. The molecule has 0 radical (unpaired) electrons. The van der Waals surface area contributed by atoms with Gasteiger partial charge in [0.2, 0.25) is 0 Å². The van der Waals surface area contributed by atoms with Crippen LogP contribution in [-0.2, 0) is 0 Å². The van der Waals surface area contributed by atoms with Gasteiger partial charge in [-0.15, -0.1) is 0 Å². The summed E-state index contributed by atoms with van der Waals surface area (Å²) in [6, 6.07) is 6.76. The molecule has 0 heterocycles. The molecular weight excluding hydrogens is 214 g/mol. The van der Waals surface area contributed by atoms with Gasteiger partial charge in [0, 0.05) is 5.56 Å². The number of nitrogens with zero attached hydrogens (tertiary/aromatic N) is 1. The quantitative estimate of drug-likeness (QED) is 0.801. The third-order valence-corrected chi connectivity index (χ3v) is 2.31. The number of hydrogen-bond acceptors (Lipinski definition) is 3. The summed E-state index contributed by atoms with van der Waals surface area (Å²) in [7, 11) is 1.47. The Morgan fingerprint density at radius 3 is 2.87 bits per heavy atom. The number of rotatable bonds is 3. The summed E-state index contributed by atoms with van der Waals surface area (Å²) in [4.78, 5) is 0. The fourth-order valence-corrected chi connectivity index (χ4v) is 1.47. The van der Waals surface area contributed by atoms with Gasteiger partial charge in [-0.05, 0) is 12.1 Å². The number of aliphatic hydroxyl groups is 1. The van der Waals surface area contributed by atoms with Crippen molar-refractivity contribution in [3.05, 3.63) is 40.9 Å². The molecule has 1 N–H and O–H groups in total. The number of halogens is 1. The first-order valence-corrected chi connectivity index (χ1v) is 4.59. The zero-order valence-corrected chi connectivity index (χ0v) is 8.95. The zero-order valence-electron chi connectivity index (χ0n) is 8.20. The van der Waals surface area contributed by atoms with Gasteiger partial charge in [-0.3, -0.25) is 0 Å². The first kappa shape index (κ1) is 11.6. The highest BCUT2D eigenvalue weighted by Gasteiger charge is 2.19. The fourth-order valence-electron chi connectivity index (χ4n) is 1.20. The minimum absolute atomic E-state index is 0.0291. The second-order valence-corrected chi connectivity index (χ2v) is 3.30. The highest BCUT2D eigenvalue weighted by Crippen LogP contribution is 2.34. The lowest BCUT2D eigenvalue weighted by Gasteiger charge is -2.14. The van der Waals surface area contributed by atoms with E-state index in [0.29, 0.717) is 16.3 Å². The first-order valence-electron chi connectivity index (χ1n) is 4.21.